The van der Waals surface area contributed by atoms with Crippen molar-refractivity contribution in [2.75, 3.05) is 6.54 Å². The predicted octanol–water partition coefficient (Wildman–Crippen LogP) is 2.57. The molecule has 0 saturated heterocycles. The van der Waals surface area contributed by atoms with Crippen molar-refractivity contribution in [3.05, 3.63) is 16.1 Å². The van der Waals surface area contributed by atoms with E-state index in [0.717, 1.165) is 10.7 Å². The molecule has 0 aromatic carbocycles. The maximum absolute atomic E-state index is 10.2. The molecule has 2 unspecified atom stereocenters. The van der Waals surface area contributed by atoms with Crippen molar-refractivity contribution in [1.29, 1.82) is 0 Å². The van der Waals surface area contributed by atoms with Gasteiger partial charge in [-0.1, -0.05) is 34.6 Å². The Labute approximate surface area is 114 Å². The van der Waals surface area contributed by atoms with Crippen LogP contribution in [0.15, 0.2) is 5.38 Å². The van der Waals surface area contributed by atoms with Gasteiger partial charge in [0, 0.05) is 17.2 Å². The van der Waals surface area contributed by atoms with Crippen LogP contribution in [0.5, 0.6) is 0 Å². The Morgan fingerprint density at radius 1 is 1.39 bits per heavy atom. The Bertz CT molecular complexity index is 368. The van der Waals surface area contributed by atoms with Crippen molar-refractivity contribution in [1.82, 2.24) is 4.98 Å². The van der Waals surface area contributed by atoms with Gasteiger partial charge >= 0.3 is 0 Å². The normalized spacial score (nSPS) is 16.0. The number of aliphatic hydroxyl groups is 1. The van der Waals surface area contributed by atoms with Gasteiger partial charge < -0.3 is 10.8 Å². The van der Waals surface area contributed by atoms with Crippen LogP contribution >= 0.6 is 11.3 Å². The molecule has 0 amide bonds. The lowest BCUT2D eigenvalue weighted by Gasteiger charge is -2.24. The van der Waals surface area contributed by atoms with E-state index in [0.29, 0.717) is 18.9 Å². The molecule has 0 saturated carbocycles. The molecule has 0 fully saturated rings. The van der Waals surface area contributed by atoms with Crippen molar-refractivity contribution < 1.29 is 5.11 Å². The van der Waals surface area contributed by atoms with Crippen molar-refractivity contribution in [2.24, 2.45) is 17.6 Å². The third-order valence-electron chi connectivity index (χ3n) is 3.33. The van der Waals surface area contributed by atoms with Crippen LogP contribution in [0.4, 0.5) is 0 Å². The summed E-state index contributed by atoms with van der Waals surface area (Å²) in [5.74, 6) is 0.541. The van der Waals surface area contributed by atoms with E-state index in [9.17, 15) is 5.11 Å². The van der Waals surface area contributed by atoms with Crippen LogP contribution in [0.3, 0.4) is 0 Å². The number of thiazole rings is 1. The van der Waals surface area contributed by atoms with Gasteiger partial charge in [0.15, 0.2) is 0 Å². The topological polar surface area (TPSA) is 59.1 Å². The van der Waals surface area contributed by atoms with E-state index in [1.165, 1.54) is 0 Å². The first-order valence-corrected chi connectivity index (χ1v) is 7.46. The highest BCUT2D eigenvalue weighted by Crippen LogP contribution is 2.26. The fourth-order valence-corrected chi connectivity index (χ4v) is 3.02. The van der Waals surface area contributed by atoms with Gasteiger partial charge in [-0.3, -0.25) is 0 Å². The maximum Gasteiger partial charge on any atom is 0.0954 e. The minimum absolute atomic E-state index is 0.0744. The number of aliphatic hydroxyl groups excluding tert-OH is 1. The van der Waals surface area contributed by atoms with E-state index in [1.807, 2.05) is 0 Å². The van der Waals surface area contributed by atoms with Crippen LogP contribution in [0.1, 0.15) is 45.3 Å². The van der Waals surface area contributed by atoms with Crippen LogP contribution in [0, 0.1) is 11.8 Å². The Kier molecular flexibility index (Phi) is 5.32. The fourth-order valence-electron chi connectivity index (χ4n) is 1.95. The average Bonchev–Trinajstić information content (AvgIpc) is 2.65. The summed E-state index contributed by atoms with van der Waals surface area (Å²) in [6.07, 6.45) is 0.217. The first kappa shape index (κ1) is 15.6. The first-order chi connectivity index (χ1) is 8.25. The molecule has 1 aromatic rings. The van der Waals surface area contributed by atoms with E-state index in [2.05, 4.69) is 45.0 Å². The molecule has 3 nitrogen and oxygen atoms in total. The molecular weight excluding hydrogens is 244 g/mol. The van der Waals surface area contributed by atoms with E-state index >= 15 is 0 Å². The molecule has 0 bridgehead atoms. The molecule has 0 radical (unpaired) electrons. The zero-order valence-corrected chi connectivity index (χ0v) is 12.9. The van der Waals surface area contributed by atoms with Gasteiger partial charge in [0.2, 0.25) is 0 Å². The summed E-state index contributed by atoms with van der Waals surface area (Å²) in [5.41, 5.74) is 6.90. The Morgan fingerprint density at radius 2 is 2.00 bits per heavy atom. The summed E-state index contributed by atoms with van der Waals surface area (Å²) < 4.78 is 0. The monoisotopic (exact) mass is 270 g/mol. The summed E-state index contributed by atoms with van der Waals surface area (Å²) in [7, 11) is 0. The molecule has 0 aliphatic heterocycles. The number of nitrogens with zero attached hydrogens (tertiary/aromatic N) is 1. The Hall–Kier alpha value is -0.450. The van der Waals surface area contributed by atoms with Crippen LogP contribution in [0.25, 0.3) is 0 Å². The molecule has 4 heteroatoms. The molecule has 104 valence electrons. The minimum atomic E-state index is -0.394. The molecule has 0 aliphatic carbocycles. The number of hydrogen-bond acceptors (Lipinski definition) is 4. The van der Waals surface area contributed by atoms with Crippen molar-refractivity contribution in [2.45, 2.75) is 52.6 Å². The van der Waals surface area contributed by atoms with Gasteiger partial charge in [-0.15, -0.1) is 11.3 Å². The van der Waals surface area contributed by atoms with Crippen molar-refractivity contribution in [3.63, 3.8) is 0 Å². The predicted molar refractivity (Wildman–Crippen MR) is 77.9 cm³/mol. The Balaban J connectivity index is 2.70. The SMILES string of the molecule is CC(C)C(CN)C(O)Cc1nc(C(C)(C)C)cs1. The van der Waals surface area contributed by atoms with Gasteiger partial charge in [0.05, 0.1) is 16.8 Å². The lowest BCUT2D eigenvalue weighted by molar-refractivity contribution is 0.0862. The second-order valence-electron chi connectivity index (χ2n) is 6.29. The number of hydrogen-bond donors (Lipinski definition) is 2. The summed E-state index contributed by atoms with van der Waals surface area (Å²) >= 11 is 1.63. The molecular formula is C14H26N2OS. The van der Waals surface area contributed by atoms with E-state index in [1.54, 1.807) is 11.3 Å². The Morgan fingerprint density at radius 3 is 2.39 bits per heavy atom. The highest BCUT2D eigenvalue weighted by molar-refractivity contribution is 7.09. The van der Waals surface area contributed by atoms with Crippen molar-refractivity contribution >= 4 is 11.3 Å². The summed E-state index contributed by atoms with van der Waals surface area (Å²) in [4.78, 5) is 4.62. The lowest BCUT2D eigenvalue weighted by Crippen LogP contribution is -2.33. The third-order valence-corrected chi connectivity index (χ3v) is 4.20. The average molecular weight is 270 g/mol. The van der Waals surface area contributed by atoms with Crippen LogP contribution in [0.2, 0.25) is 0 Å². The van der Waals surface area contributed by atoms with Crippen molar-refractivity contribution in [3.8, 4) is 0 Å². The van der Waals surface area contributed by atoms with E-state index in [4.69, 9.17) is 5.73 Å². The molecule has 1 aromatic heterocycles. The molecule has 2 atom stereocenters. The fraction of sp³-hybridized carbons (Fsp3) is 0.786. The number of aromatic nitrogens is 1. The second kappa shape index (κ2) is 6.13. The number of rotatable bonds is 5. The van der Waals surface area contributed by atoms with Gasteiger partial charge in [0.25, 0.3) is 0 Å². The zero-order chi connectivity index (χ0) is 13.9. The molecule has 1 rings (SSSR count). The number of nitrogens with two attached hydrogens (primary N) is 1. The van der Waals surface area contributed by atoms with Crippen LogP contribution < -0.4 is 5.73 Å². The van der Waals surface area contributed by atoms with Crippen LogP contribution in [-0.2, 0) is 11.8 Å². The van der Waals surface area contributed by atoms with Gasteiger partial charge in [0.1, 0.15) is 0 Å². The molecule has 18 heavy (non-hydrogen) atoms. The molecule has 3 N–H and O–H groups in total. The highest BCUT2D eigenvalue weighted by atomic mass is 32.1. The van der Waals surface area contributed by atoms with Gasteiger partial charge in [-0.2, -0.15) is 0 Å². The minimum Gasteiger partial charge on any atom is -0.392 e. The molecule has 0 spiro atoms. The quantitative estimate of drug-likeness (QED) is 0.864. The maximum atomic E-state index is 10.2. The highest BCUT2D eigenvalue weighted by Gasteiger charge is 2.24. The zero-order valence-electron chi connectivity index (χ0n) is 12.1. The molecule has 0 aliphatic rings. The third kappa shape index (κ3) is 4.04. The summed E-state index contributed by atoms with van der Waals surface area (Å²) in [5, 5.41) is 13.3. The summed E-state index contributed by atoms with van der Waals surface area (Å²) in [6, 6.07) is 0. The molecule has 1 heterocycles. The largest absolute Gasteiger partial charge is 0.392 e. The van der Waals surface area contributed by atoms with Crippen LogP contribution in [-0.4, -0.2) is 22.7 Å². The summed E-state index contributed by atoms with van der Waals surface area (Å²) in [6.45, 7) is 11.2. The first-order valence-electron chi connectivity index (χ1n) is 6.58. The smallest absolute Gasteiger partial charge is 0.0954 e. The van der Waals surface area contributed by atoms with Gasteiger partial charge in [-0.05, 0) is 18.4 Å². The standard InChI is InChI=1S/C14H26N2OS/c1-9(2)10(7-15)11(17)6-13-16-12(8-18-13)14(3,4)5/h8-11,17H,6-7,15H2,1-5H3. The van der Waals surface area contributed by atoms with Gasteiger partial charge in [-0.25, -0.2) is 4.98 Å². The van der Waals surface area contributed by atoms with E-state index in [-0.39, 0.29) is 11.3 Å². The second-order valence-corrected chi connectivity index (χ2v) is 7.23. The lowest BCUT2D eigenvalue weighted by atomic mass is 9.89. The van der Waals surface area contributed by atoms with E-state index < -0.39 is 6.10 Å².